The summed E-state index contributed by atoms with van der Waals surface area (Å²) in [4.78, 5) is 58.5. The lowest BCUT2D eigenvalue weighted by Crippen LogP contribution is -2.61. The summed E-state index contributed by atoms with van der Waals surface area (Å²) in [6, 6.07) is 16.0. The molecule has 1 unspecified atom stereocenters. The van der Waals surface area contributed by atoms with Gasteiger partial charge in [-0.25, -0.2) is 4.79 Å². The number of likely N-dealkylation sites (tertiary alicyclic amines) is 1. The van der Waals surface area contributed by atoms with Crippen LogP contribution in [0.1, 0.15) is 47.8 Å². The average molecular weight is 587 g/mol. The fourth-order valence-electron chi connectivity index (χ4n) is 4.89. The highest BCUT2D eigenvalue weighted by atomic mass is 19.4. The topological polar surface area (TPSA) is 127 Å². The third-order valence-corrected chi connectivity index (χ3v) is 6.83. The van der Waals surface area contributed by atoms with Crippen molar-refractivity contribution in [2.75, 3.05) is 13.1 Å². The van der Waals surface area contributed by atoms with Crippen molar-refractivity contribution in [2.24, 2.45) is 0 Å². The number of fused-ring (bicyclic) bond motifs is 1. The van der Waals surface area contributed by atoms with Gasteiger partial charge >= 0.3 is 12.1 Å². The van der Waals surface area contributed by atoms with Gasteiger partial charge in [-0.15, -0.1) is 0 Å². The number of hydrogen-bond acceptors (Lipinski definition) is 7. The van der Waals surface area contributed by atoms with Crippen molar-refractivity contribution < 1.29 is 41.9 Å². The Morgan fingerprint density at radius 1 is 1.07 bits per heavy atom. The van der Waals surface area contributed by atoms with Crippen LogP contribution in [0.15, 0.2) is 54.6 Å². The molecule has 1 aromatic heterocycles. The largest absolute Gasteiger partial charge is 0.493 e. The summed E-state index contributed by atoms with van der Waals surface area (Å²) in [5.74, 6) is -4.01. The zero-order valence-electron chi connectivity index (χ0n) is 22.9. The number of amides is 3. The zero-order valence-corrected chi connectivity index (χ0v) is 22.9. The van der Waals surface area contributed by atoms with E-state index in [1.807, 2.05) is 37.3 Å². The van der Waals surface area contributed by atoms with Crippen LogP contribution in [-0.2, 0) is 25.8 Å². The molecule has 1 aliphatic rings. The standard InChI is InChI=1S/C29H29F3N4O6/c1-18-14-21(23-6-3-4-7-24(23)33-18)16-41-22-10-8-20(9-11-22)26(39)34-28(12-5-13-36(17-28)19(2)37)15-25(38)35-42-27(40)29(30,31)32/h3-4,6-11,14H,5,12-13,15-17H2,1-2H3,(H,34,39)(H,35,38). The molecule has 42 heavy (non-hydrogen) atoms. The third kappa shape index (κ3) is 7.53. The highest BCUT2D eigenvalue weighted by Gasteiger charge is 2.43. The molecule has 0 saturated carbocycles. The van der Waals surface area contributed by atoms with E-state index in [0.717, 1.165) is 22.2 Å². The molecule has 2 aromatic carbocycles. The monoisotopic (exact) mass is 586 g/mol. The lowest BCUT2D eigenvalue weighted by Gasteiger charge is -2.42. The van der Waals surface area contributed by atoms with Crippen LogP contribution in [0, 0.1) is 6.92 Å². The quantitative estimate of drug-likeness (QED) is 0.404. The number of alkyl halides is 3. The van der Waals surface area contributed by atoms with Crippen molar-refractivity contribution in [3.8, 4) is 5.75 Å². The van der Waals surface area contributed by atoms with E-state index >= 15 is 0 Å². The first kappa shape index (κ1) is 30.3. The second kappa shape index (κ2) is 12.5. The van der Waals surface area contributed by atoms with Crippen LogP contribution in [0.4, 0.5) is 13.2 Å². The Kier molecular flexibility index (Phi) is 8.98. The van der Waals surface area contributed by atoms with E-state index in [9.17, 15) is 32.3 Å². The molecule has 1 saturated heterocycles. The van der Waals surface area contributed by atoms with E-state index in [2.05, 4.69) is 15.1 Å². The van der Waals surface area contributed by atoms with Gasteiger partial charge in [0.05, 0.1) is 17.5 Å². The molecule has 222 valence electrons. The van der Waals surface area contributed by atoms with Gasteiger partial charge in [0.25, 0.3) is 11.8 Å². The van der Waals surface area contributed by atoms with Crippen LogP contribution in [0.5, 0.6) is 5.75 Å². The van der Waals surface area contributed by atoms with E-state index < -0.39 is 35.9 Å². The molecule has 3 amide bonds. The fourth-order valence-corrected chi connectivity index (χ4v) is 4.89. The molecule has 3 aromatic rings. The van der Waals surface area contributed by atoms with Crippen molar-refractivity contribution >= 4 is 34.6 Å². The molecule has 0 bridgehead atoms. The van der Waals surface area contributed by atoms with Gasteiger partial charge in [0, 0.05) is 42.2 Å². The maximum Gasteiger partial charge on any atom is 0.493 e. The van der Waals surface area contributed by atoms with Crippen molar-refractivity contribution in [3.63, 3.8) is 0 Å². The third-order valence-electron chi connectivity index (χ3n) is 6.83. The van der Waals surface area contributed by atoms with Crippen LogP contribution in [0.25, 0.3) is 10.9 Å². The number of nitrogens with one attached hydrogen (secondary N) is 2. The first-order valence-corrected chi connectivity index (χ1v) is 13.1. The minimum atomic E-state index is -5.30. The number of piperidine rings is 1. The summed E-state index contributed by atoms with van der Waals surface area (Å²) >= 11 is 0. The van der Waals surface area contributed by atoms with Gasteiger partial charge < -0.3 is 19.8 Å². The maximum atomic E-state index is 13.2. The van der Waals surface area contributed by atoms with Crippen molar-refractivity contribution in [3.05, 3.63) is 71.4 Å². The number of hydrogen-bond donors (Lipinski definition) is 2. The molecule has 1 fully saturated rings. The molecular formula is C29H29F3N4O6. The number of carbonyl (C=O) groups is 4. The highest BCUT2D eigenvalue weighted by molar-refractivity contribution is 5.95. The first-order valence-electron chi connectivity index (χ1n) is 13.1. The van der Waals surface area contributed by atoms with Gasteiger partial charge in [-0.3, -0.25) is 19.4 Å². The molecule has 4 rings (SSSR count). The van der Waals surface area contributed by atoms with E-state index in [1.54, 1.807) is 12.1 Å². The molecule has 10 nitrogen and oxygen atoms in total. The van der Waals surface area contributed by atoms with Gasteiger partial charge in [0.2, 0.25) is 5.91 Å². The van der Waals surface area contributed by atoms with Crippen molar-refractivity contribution in [1.29, 1.82) is 0 Å². The van der Waals surface area contributed by atoms with Crippen LogP contribution in [0.2, 0.25) is 0 Å². The van der Waals surface area contributed by atoms with Gasteiger partial charge in [-0.2, -0.15) is 18.7 Å². The Labute approximate surface area is 239 Å². The maximum absolute atomic E-state index is 13.2. The van der Waals surface area contributed by atoms with Crippen molar-refractivity contribution in [2.45, 2.75) is 51.4 Å². The molecule has 0 radical (unpaired) electrons. The van der Waals surface area contributed by atoms with Crippen molar-refractivity contribution in [1.82, 2.24) is 20.7 Å². The first-order chi connectivity index (χ1) is 19.8. The fraction of sp³-hybridized carbons (Fsp3) is 0.345. The number of ether oxygens (including phenoxy) is 1. The summed E-state index contributed by atoms with van der Waals surface area (Å²) in [5, 5.41) is 3.75. The van der Waals surface area contributed by atoms with Crippen LogP contribution >= 0.6 is 0 Å². The molecule has 13 heteroatoms. The Morgan fingerprint density at radius 2 is 1.79 bits per heavy atom. The Bertz CT molecular complexity index is 1490. The number of aryl methyl sites for hydroxylation is 1. The number of aromatic nitrogens is 1. The normalized spacial score (nSPS) is 16.9. The Balaban J connectivity index is 1.44. The molecule has 1 aliphatic heterocycles. The number of nitrogens with zero attached hydrogens (tertiary/aromatic N) is 2. The predicted molar refractivity (Wildman–Crippen MR) is 144 cm³/mol. The van der Waals surface area contributed by atoms with Gasteiger partial charge in [-0.05, 0) is 56.2 Å². The number of hydroxylamine groups is 1. The lowest BCUT2D eigenvalue weighted by atomic mass is 9.85. The van der Waals surface area contributed by atoms with Crippen LogP contribution in [-0.4, -0.2) is 58.4 Å². The van der Waals surface area contributed by atoms with Crippen LogP contribution < -0.4 is 15.5 Å². The highest BCUT2D eigenvalue weighted by Crippen LogP contribution is 2.27. The van der Waals surface area contributed by atoms with Gasteiger partial charge in [0.1, 0.15) is 12.4 Å². The Hall–Kier alpha value is -4.68. The summed E-state index contributed by atoms with van der Waals surface area (Å²) in [5.41, 5.74) is 3.06. The second-order valence-corrected chi connectivity index (χ2v) is 10.1. The minimum absolute atomic E-state index is 0.0603. The minimum Gasteiger partial charge on any atom is -0.489 e. The smallest absolute Gasteiger partial charge is 0.489 e. The summed E-state index contributed by atoms with van der Waals surface area (Å²) < 4.78 is 43.3. The second-order valence-electron chi connectivity index (χ2n) is 10.1. The summed E-state index contributed by atoms with van der Waals surface area (Å²) in [6.45, 7) is 3.83. The number of para-hydroxylation sites is 1. The molecule has 0 spiro atoms. The van der Waals surface area contributed by atoms with E-state index in [4.69, 9.17) is 4.74 Å². The molecule has 2 N–H and O–H groups in total. The molecular weight excluding hydrogens is 557 g/mol. The SMILES string of the molecule is CC(=O)N1CCCC(CC(=O)NOC(=O)C(F)(F)F)(NC(=O)c2ccc(OCc3cc(C)nc4ccccc34)cc2)C1. The Morgan fingerprint density at radius 3 is 2.48 bits per heavy atom. The van der Waals surface area contributed by atoms with E-state index in [-0.39, 0.29) is 31.0 Å². The zero-order chi connectivity index (χ0) is 30.5. The van der Waals surface area contributed by atoms with Crippen LogP contribution in [0.3, 0.4) is 0 Å². The molecule has 2 heterocycles. The predicted octanol–water partition coefficient (Wildman–Crippen LogP) is 3.76. The number of pyridine rings is 1. The molecule has 0 aliphatic carbocycles. The number of halogens is 3. The van der Waals surface area contributed by atoms with E-state index in [0.29, 0.717) is 18.7 Å². The van der Waals surface area contributed by atoms with Gasteiger partial charge in [-0.1, -0.05) is 18.2 Å². The summed E-state index contributed by atoms with van der Waals surface area (Å²) in [6.07, 6.45) is -5.15. The lowest BCUT2D eigenvalue weighted by molar-refractivity contribution is -0.207. The molecule has 1 atom stereocenters. The number of rotatable bonds is 7. The summed E-state index contributed by atoms with van der Waals surface area (Å²) in [7, 11) is 0. The van der Waals surface area contributed by atoms with Gasteiger partial charge in [0.15, 0.2) is 0 Å². The van der Waals surface area contributed by atoms with E-state index in [1.165, 1.54) is 29.4 Å². The number of carbonyl (C=O) groups excluding carboxylic acids is 4. The number of benzene rings is 2. The average Bonchev–Trinajstić information content (AvgIpc) is 2.94.